The molecule has 2 N–H and O–H groups in total. The molecule has 1 heterocycles. The van der Waals surface area contributed by atoms with Crippen molar-refractivity contribution in [2.24, 2.45) is 0 Å². The molecule has 1 saturated heterocycles. The van der Waals surface area contributed by atoms with Gasteiger partial charge in [-0.15, -0.1) is 0 Å². The molecule has 1 aliphatic rings. The van der Waals surface area contributed by atoms with Crippen LogP contribution in [0.1, 0.15) is 18.9 Å². The van der Waals surface area contributed by atoms with E-state index in [0.717, 1.165) is 16.7 Å². The molecule has 0 aromatic heterocycles. The van der Waals surface area contributed by atoms with E-state index in [0.29, 0.717) is 10.5 Å². The van der Waals surface area contributed by atoms with Crippen LogP contribution in [0.15, 0.2) is 29.2 Å². The van der Waals surface area contributed by atoms with E-state index < -0.39 is 28.7 Å². The number of nitro benzene ring substituents is 1. The van der Waals surface area contributed by atoms with Gasteiger partial charge in [-0.05, 0) is 30.7 Å². The number of thiocarbonyl (C=S) groups is 1. The zero-order chi connectivity index (χ0) is 20.1. The summed E-state index contributed by atoms with van der Waals surface area (Å²) in [6.45, 7) is 1.45. The van der Waals surface area contributed by atoms with Crippen LogP contribution in [0.4, 0.5) is 5.69 Å². The average molecular weight is 409 g/mol. The Morgan fingerprint density at radius 2 is 2.04 bits per heavy atom. The van der Waals surface area contributed by atoms with Crippen LogP contribution < -0.4 is 5.32 Å². The Bertz CT molecular complexity index is 837. The maximum absolute atomic E-state index is 12.6. The van der Waals surface area contributed by atoms with Crippen LogP contribution in [0, 0.1) is 10.1 Å². The highest BCUT2D eigenvalue weighted by atomic mass is 32.2. The molecule has 142 valence electrons. The Labute approximate surface area is 163 Å². The number of amides is 2. The molecule has 11 heteroatoms. The van der Waals surface area contributed by atoms with Crippen molar-refractivity contribution in [2.75, 3.05) is 6.54 Å². The highest BCUT2D eigenvalue weighted by Crippen LogP contribution is 2.34. The predicted octanol–water partition coefficient (Wildman–Crippen LogP) is 1.78. The maximum atomic E-state index is 12.6. The van der Waals surface area contributed by atoms with E-state index in [4.69, 9.17) is 17.3 Å². The SMILES string of the molecule is CC(C(=O)NCCC(=O)O)N1C(=O)/C(=C/c2ccc([N+](=O)[O-])cc2)SC1=S. The molecule has 1 aliphatic heterocycles. The van der Waals surface area contributed by atoms with E-state index in [2.05, 4.69) is 5.32 Å². The van der Waals surface area contributed by atoms with Crippen LogP contribution in [0.5, 0.6) is 0 Å². The van der Waals surface area contributed by atoms with Crippen molar-refractivity contribution in [1.29, 1.82) is 0 Å². The lowest BCUT2D eigenvalue weighted by molar-refractivity contribution is -0.384. The first-order chi connectivity index (χ1) is 12.7. The lowest BCUT2D eigenvalue weighted by atomic mass is 10.2. The maximum Gasteiger partial charge on any atom is 0.305 e. The molecule has 0 bridgehead atoms. The van der Waals surface area contributed by atoms with Crippen LogP contribution in [-0.4, -0.2) is 49.6 Å². The summed E-state index contributed by atoms with van der Waals surface area (Å²) in [7, 11) is 0. The van der Waals surface area contributed by atoms with E-state index in [1.807, 2.05) is 0 Å². The molecule has 1 unspecified atom stereocenters. The lowest BCUT2D eigenvalue weighted by Gasteiger charge is -2.22. The summed E-state index contributed by atoms with van der Waals surface area (Å²) in [5.74, 6) is -2.01. The van der Waals surface area contributed by atoms with Crippen molar-refractivity contribution < 1.29 is 24.4 Å². The number of carboxylic acid groups (broad SMARTS) is 1. The van der Waals surface area contributed by atoms with Gasteiger partial charge < -0.3 is 10.4 Å². The van der Waals surface area contributed by atoms with Crippen LogP contribution in [0.25, 0.3) is 6.08 Å². The van der Waals surface area contributed by atoms with Crippen molar-refractivity contribution in [3.8, 4) is 0 Å². The zero-order valence-electron chi connectivity index (χ0n) is 14.1. The van der Waals surface area contributed by atoms with Crippen molar-refractivity contribution in [3.63, 3.8) is 0 Å². The standard InChI is InChI=1S/C16H15N3O6S2/c1-9(14(22)17-7-6-13(20)21)18-15(23)12(27-16(18)26)8-10-2-4-11(5-3-10)19(24)25/h2-5,8-9H,6-7H2,1H3,(H,17,22)(H,20,21)/b12-8-. The van der Waals surface area contributed by atoms with Crippen LogP contribution in [-0.2, 0) is 14.4 Å². The monoisotopic (exact) mass is 409 g/mol. The topological polar surface area (TPSA) is 130 Å². The minimum Gasteiger partial charge on any atom is -0.481 e. The number of carboxylic acids is 1. The van der Waals surface area contributed by atoms with Crippen molar-refractivity contribution in [3.05, 3.63) is 44.8 Å². The normalized spacial score (nSPS) is 16.5. The summed E-state index contributed by atoms with van der Waals surface area (Å²) in [5, 5.41) is 21.7. The summed E-state index contributed by atoms with van der Waals surface area (Å²) < 4.78 is 0.203. The predicted molar refractivity (Wildman–Crippen MR) is 103 cm³/mol. The van der Waals surface area contributed by atoms with Gasteiger partial charge >= 0.3 is 5.97 Å². The number of thioether (sulfide) groups is 1. The molecular formula is C16H15N3O6S2. The fraction of sp³-hybridized carbons (Fsp3) is 0.250. The number of hydrogen-bond acceptors (Lipinski definition) is 7. The second kappa shape index (κ2) is 8.73. The molecule has 9 nitrogen and oxygen atoms in total. The molecular weight excluding hydrogens is 394 g/mol. The fourth-order valence-electron chi connectivity index (χ4n) is 2.21. The molecule has 1 atom stereocenters. The minimum atomic E-state index is -1.04. The molecule has 1 fully saturated rings. The molecule has 2 amide bonds. The van der Waals surface area contributed by atoms with Crippen molar-refractivity contribution >= 4 is 57.8 Å². The van der Waals surface area contributed by atoms with Crippen molar-refractivity contribution in [1.82, 2.24) is 10.2 Å². The number of hydrogen-bond donors (Lipinski definition) is 2. The van der Waals surface area contributed by atoms with Crippen LogP contribution in [0.3, 0.4) is 0 Å². The fourth-order valence-corrected chi connectivity index (χ4v) is 3.63. The Morgan fingerprint density at radius 1 is 1.41 bits per heavy atom. The van der Waals surface area contributed by atoms with Gasteiger partial charge in [0.05, 0.1) is 16.2 Å². The van der Waals surface area contributed by atoms with Gasteiger partial charge in [-0.2, -0.15) is 0 Å². The highest BCUT2D eigenvalue weighted by Gasteiger charge is 2.38. The van der Waals surface area contributed by atoms with E-state index >= 15 is 0 Å². The van der Waals surface area contributed by atoms with Gasteiger partial charge in [-0.25, -0.2) is 0 Å². The third kappa shape index (κ3) is 5.11. The number of nitrogens with one attached hydrogen (secondary N) is 1. The molecule has 27 heavy (non-hydrogen) atoms. The van der Waals surface area contributed by atoms with Gasteiger partial charge in [-0.3, -0.25) is 29.4 Å². The minimum absolute atomic E-state index is 0.0497. The van der Waals surface area contributed by atoms with Gasteiger partial charge in [0.2, 0.25) is 5.91 Å². The molecule has 2 rings (SSSR count). The molecule has 1 aromatic rings. The van der Waals surface area contributed by atoms with Crippen LogP contribution >= 0.6 is 24.0 Å². The molecule has 1 aromatic carbocycles. The van der Waals surface area contributed by atoms with Gasteiger partial charge in [0.25, 0.3) is 11.6 Å². The van der Waals surface area contributed by atoms with E-state index in [1.165, 1.54) is 37.3 Å². The summed E-state index contributed by atoms with van der Waals surface area (Å²) in [6.07, 6.45) is 1.31. The number of nitro groups is 1. The molecule has 0 aliphatic carbocycles. The Morgan fingerprint density at radius 3 is 2.59 bits per heavy atom. The first-order valence-electron chi connectivity index (χ1n) is 7.71. The molecule has 0 spiro atoms. The number of nitrogens with zero attached hydrogens (tertiary/aromatic N) is 2. The molecule has 0 saturated carbocycles. The summed E-state index contributed by atoms with van der Waals surface area (Å²) in [5.41, 5.74) is 0.519. The number of carbonyl (C=O) groups excluding carboxylic acids is 2. The highest BCUT2D eigenvalue weighted by molar-refractivity contribution is 8.26. The van der Waals surface area contributed by atoms with Gasteiger partial charge in [0, 0.05) is 18.7 Å². The summed E-state index contributed by atoms with van der Waals surface area (Å²) in [4.78, 5) is 46.8. The van der Waals surface area contributed by atoms with E-state index in [1.54, 1.807) is 0 Å². The second-order valence-corrected chi connectivity index (χ2v) is 7.19. The van der Waals surface area contributed by atoms with E-state index in [-0.39, 0.29) is 23.0 Å². The Hall–Kier alpha value is -2.79. The smallest absolute Gasteiger partial charge is 0.305 e. The summed E-state index contributed by atoms with van der Waals surface area (Å²) >= 11 is 6.20. The largest absolute Gasteiger partial charge is 0.481 e. The third-order valence-electron chi connectivity index (χ3n) is 3.63. The Balaban J connectivity index is 2.10. The van der Waals surface area contributed by atoms with Gasteiger partial charge in [0.15, 0.2) is 0 Å². The summed E-state index contributed by atoms with van der Waals surface area (Å²) in [6, 6.07) is 4.77. The first-order valence-corrected chi connectivity index (χ1v) is 8.94. The first kappa shape index (κ1) is 20.5. The molecule has 0 radical (unpaired) electrons. The average Bonchev–Trinajstić information content (AvgIpc) is 2.88. The lowest BCUT2D eigenvalue weighted by Crippen LogP contribution is -2.47. The number of non-ortho nitro benzene ring substituents is 1. The van der Waals surface area contributed by atoms with Crippen molar-refractivity contribution in [2.45, 2.75) is 19.4 Å². The van der Waals surface area contributed by atoms with Crippen LogP contribution in [0.2, 0.25) is 0 Å². The number of benzene rings is 1. The number of rotatable bonds is 7. The number of aliphatic carboxylic acids is 1. The Kier molecular flexibility index (Phi) is 6.64. The van der Waals surface area contributed by atoms with E-state index in [9.17, 15) is 24.5 Å². The quantitative estimate of drug-likeness (QED) is 0.302. The second-order valence-electron chi connectivity index (χ2n) is 5.51. The van der Waals surface area contributed by atoms with Gasteiger partial charge in [-0.1, -0.05) is 24.0 Å². The van der Waals surface area contributed by atoms with Gasteiger partial charge in [0.1, 0.15) is 10.4 Å². The zero-order valence-corrected chi connectivity index (χ0v) is 15.7. The number of carbonyl (C=O) groups is 3. The third-order valence-corrected chi connectivity index (χ3v) is 4.96.